The van der Waals surface area contributed by atoms with Gasteiger partial charge in [0.1, 0.15) is 11.3 Å². The van der Waals surface area contributed by atoms with Crippen LogP contribution < -0.4 is 0 Å². The van der Waals surface area contributed by atoms with Gasteiger partial charge in [-0.2, -0.15) is 0 Å². The zero-order valence-corrected chi connectivity index (χ0v) is 26.7. The Hall–Kier alpha value is -6.44. The van der Waals surface area contributed by atoms with Crippen molar-refractivity contribution in [2.75, 3.05) is 0 Å². The molecule has 0 aliphatic heterocycles. The zero-order valence-electron chi connectivity index (χ0n) is 26.7. The minimum Gasteiger partial charge on any atom is -0.455 e. The van der Waals surface area contributed by atoms with Crippen molar-refractivity contribution in [3.8, 4) is 55.8 Å². The molecule has 0 spiro atoms. The average Bonchev–Trinajstić information content (AvgIpc) is 3.57. The third-order valence-electron chi connectivity index (χ3n) is 10.0. The van der Waals surface area contributed by atoms with Gasteiger partial charge in [-0.25, -0.2) is 0 Å². The molecule has 1 heteroatoms. The van der Waals surface area contributed by atoms with Gasteiger partial charge in [-0.3, -0.25) is 0 Å². The monoisotopic (exact) mass is 622 g/mol. The first-order valence-corrected chi connectivity index (χ1v) is 16.8. The van der Waals surface area contributed by atoms with Gasteiger partial charge in [-0.05, 0) is 89.5 Å². The summed E-state index contributed by atoms with van der Waals surface area (Å²) in [6, 6.07) is 65.5. The highest BCUT2D eigenvalue weighted by molar-refractivity contribution is 6.27. The largest absolute Gasteiger partial charge is 0.455 e. The fraction of sp³-hybridized carbons (Fsp3) is 0. The van der Waals surface area contributed by atoms with Crippen LogP contribution in [0.1, 0.15) is 0 Å². The second-order valence-electron chi connectivity index (χ2n) is 12.8. The standard InChI is InChI=1S/C48H30O/c1-4-11-31(12-5-1)39-24-19-33-22-27-42-40(25-20-34-21-26-41(39)45(33)46(34)42)38-18-10-17-36(29-38)37-23-28-43-44(30-37)49-48(35-15-8-3-9-16-35)47(43)32-13-6-2-7-14-32/h1-30H. The van der Waals surface area contributed by atoms with Crippen LogP contribution in [-0.2, 0) is 0 Å². The molecule has 0 atom stereocenters. The van der Waals surface area contributed by atoms with E-state index in [1.54, 1.807) is 0 Å². The maximum atomic E-state index is 6.68. The van der Waals surface area contributed by atoms with Crippen molar-refractivity contribution in [3.63, 3.8) is 0 Å². The summed E-state index contributed by atoms with van der Waals surface area (Å²) in [5, 5.41) is 8.89. The molecule has 10 aromatic rings. The average molecular weight is 623 g/mol. The molecule has 0 saturated carbocycles. The lowest BCUT2D eigenvalue weighted by Crippen LogP contribution is -1.89. The maximum absolute atomic E-state index is 6.68. The van der Waals surface area contributed by atoms with Crippen molar-refractivity contribution >= 4 is 43.3 Å². The molecule has 228 valence electrons. The van der Waals surface area contributed by atoms with Gasteiger partial charge >= 0.3 is 0 Å². The maximum Gasteiger partial charge on any atom is 0.143 e. The van der Waals surface area contributed by atoms with E-state index in [0.717, 1.165) is 44.5 Å². The molecule has 49 heavy (non-hydrogen) atoms. The molecule has 1 nitrogen and oxygen atoms in total. The van der Waals surface area contributed by atoms with E-state index in [4.69, 9.17) is 4.42 Å². The number of furan rings is 1. The number of rotatable bonds is 5. The van der Waals surface area contributed by atoms with Crippen LogP contribution >= 0.6 is 0 Å². The van der Waals surface area contributed by atoms with E-state index in [1.807, 2.05) is 6.07 Å². The highest BCUT2D eigenvalue weighted by Gasteiger charge is 2.19. The Bertz CT molecular complexity index is 2790. The van der Waals surface area contributed by atoms with E-state index in [9.17, 15) is 0 Å². The van der Waals surface area contributed by atoms with Gasteiger partial charge in [0.25, 0.3) is 0 Å². The summed E-state index contributed by atoms with van der Waals surface area (Å²) in [6.07, 6.45) is 0. The lowest BCUT2D eigenvalue weighted by molar-refractivity contribution is 0.632. The summed E-state index contributed by atoms with van der Waals surface area (Å²) >= 11 is 0. The van der Waals surface area contributed by atoms with E-state index in [1.165, 1.54) is 54.6 Å². The summed E-state index contributed by atoms with van der Waals surface area (Å²) < 4.78 is 6.68. The molecule has 1 heterocycles. The molecule has 0 saturated heterocycles. The molecule has 1 aromatic heterocycles. The third-order valence-corrected chi connectivity index (χ3v) is 10.0. The van der Waals surface area contributed by atoms with Crippen LogP contribution in [0, 0.1) is 0 Å². The van der Waals surface area contributed by atoms with Gasteiger partial charge in [0.05, 0.1) is 0 Å². The Morgan fingerprint density at radius 2 is 0.796 bits per heavy atom. The quantitative estimate of drug-likeness (QED) is 0.174. The van der Waals surface area contributed by atoms with Crippen molar-refractivity contribution in [2.45, 2.75) is 0 Å². The molecule has 0 bridgehead atoms. The second-order valence-corrected chi connectivity index (χ2v) is 12.8. The molecule has 9 aromatic carbocycles. The van der Waals surface area contributed by atoms with E-state index < -0.39 is 0 Å². The topological polar surface area (TPSA) is 13.1 Å². The number of hydrogen-bond acceptors (Lipinski definition) is 1. The second kappa shape index (κ2) is 11.1. The summed E-state index contributed by atoms with van der Waals surface area (Å²) in [7, 11) is 0. The van der Waals surface area contributed by atoms with Gasteiger partial charge in [-0.1, -0.05) is 164 Å². The fourth-order valence-corrected chi connectivity index (χ4v) is 7.75. The van der Waals surface area contributed by atoms with Crippen molar-refractivity contribution in [2.24, 2.45) is 0 Å². The van der Waals surface area contributed by atoms with E-state index in [-0.39, 0.29) is 0 Å². The number of fused-ring (bicyclic) bond motifs is 1. The van der Waals surface area contributed by atoms with Crippen LogP contribution in [-0.4, -0.2) is 0 Å². The normalized spacial score (nSPS) is 11.7. The molecule has 0 aliphatic rings. The van der Waals surface area contributed by atoms with Crippen LogP contribution in [0.25, 0.3) is 99.1 Å². The smallest absolute Gasteiger partial charge is 0.143 e. The fourth-order valence-electron chi connectivity index (χ4n) is 7.75. The molecule has 0 N–H and O–H groups in total. The molecular weight excluding hydrogens is 593 g/mol. The van der Waals surface area contributed by atoms with Crippen LogP contribution in [0.5, 0.6) is 0 Å². The van der Waals surface area contributed by atoms with Gasteiger partial charge in [0.2, 0.25) is 0 Å². The Balaban J connectivity index is 1.12. The third kappa shape index (κ3) is 4.47. The van der Waals surface area contributed by atoms with Crippen LogP contribution in [0.3, 0.4) is 0 Å². The molecule has 0 aliphatic carbocycles. The Morgan fingerprint density at radius 3 is 1.45 bits per heavy atom. The van der Waals surface area contributed by atoms with Crippen LogP contribution in [0.2, 0.25) is 0 Å². The Kier molecular flexibility index (Phi) is 6.25. The van der Waals surface area contributed by atoms with Crippen molar-refractivity contribution in [1.82, 2.24) is 0 Å². The minimum absolute atomic E-state index is 0.887. The minimum atomic E-state index is 0.887. The van der Waals surface area contributed by atoms with E-state index in [2.05, 4.69) is 176 Å². The summed E-state index contributed by atoms with van der Waals surface area (Å²) in [5.41, 5.74) is 11.5. The summed E-state index contributed by atoms with van der Waals surface area (Å²) in [6.45, 7) is 0. The van der Waals surface area contributed by atoms with E-state index in [0.29, 0.717) is 0 Å². The van der Waals surface area contributed by atoms with Crippen molar-refractivity contribution in [3.05, 3.63) is 182 Å². The number of hydrogen-bond donors (Lipinski definition) is 0. The van der Waals surface area contributed by atoms with Gasteiger partial charge in [-0.15, -0.1) is 0 Å². The molecule has 0 amide bonds. The predicted octanol–water partition coefficient (Wildman–Crippen LogP) is 13.7. The van der Waals surface area contributed by atoms with Crippen molar-refractivity contribution in [1.29, 1.82) is 0 Å². The Labute approximate surface area is 284 Å². The van der Waals surface area contributed by atoms with Gasteiger partial charge < -0.3 is 4.42 Å². The molecule has 0 fully saturated rings. The Morgan fingerprint density at radius 1 is 0.306 bits per heavy atom. The van der Waals surface area contributed by atoms with Crippen molar-refractivity contribution < 1.29 is 4.42 Å². The molecule has 0 unspecified atom stereocenters. The lowest BCUT2D eigenvalue weighted by Gasteiger charge is -2.17. The van der Waals surface area contributed by atoms with Crippen LogP contribution in [0.15, 0.2) is 186 Å². The van der Waals surface area contributed by atoms with Crippen LogP contribution in [0.4, 0.5) is 0 Å². The highest BCUT2D eigenvalue weighted by Crippen LogP contribution is 2.44. The lowest BCUT2D eigenvalue weighted by atomic mass is 9.87. The molecule has 10 rings (SSSR count). The first-order valence-electron chi connectivity index (χ1n) is 16.8. The SMILES string of the molecule is c1ccc(-c2oc3cc(-c4cccc(-c5ccc6ccc7c(-c8ccccc8)ccc8ccc5c6c87)c4)ccc3c2-c2ccccc2)cc1. The first kappa shape index (κ1) is 27.7. The summed E-state index contributed by atoms with van der Waals surface area (Å²) in [5.74, 6) is 0.900. The first-order chi connectivity index (χ1) is 24.3. The zero-order chi connectivity index (χ0) is 32.3. The predicted molar refractivity (Wildman–Crippen MR) is 207 cm³/mol. The van der Waals surface area contributed by atoms with Gasteiger partial charge in [0, 0.05) is 16.5 Å². The molecular formula is C48H30O. The molecule has 0 radical (unpaired) electrons. The number of benzene rings is 9. The highest BCUT2D eigenvalue weighted by atomic mass is 16.3. The summed E-state index contributed by atoms with van der Waals surface area (Å²) in [4.78, 5) is 0. The van der Waals surface area contributed by atoms with Gasteiger partial charge in [0.15, 0.2) is 0 Å². The van der Waals surface area contributed by atoms with E-state index >= 15 is 0 Å².